The molecule has 2 unspecified atom stereocenters. The Morgan fingerprint density at radius 2 is 1.73 bits per heavy atom. The Labute approximate surface area is 300 Å². The largest absolute Gasteiger partial charge is 0.472 e. The van der Waals surface area contributed by atoms with Gasteiger partial charge in [-0.15, -0.1) is 0 Å². The number of anilines is 2. The average molecular weight is 807 g/mol. The van der Waals surface area contributed by atoms with E-state index in [-0.39, 0.29) is 34.1 Å². The van der Waals surface area contributed by atoms with E-state index in [0.717, 1.165) is 6.33 Å². The van der Waals surface area contributed by atoms with Gasteiger partial charge in [0.05, 0.1) is 32.5 Å². The van der Waals surface area contributed by atoms with Gasteiger partial charge >= 0.3 is 14.5 Å². The first kappa shape index (κ1) is 37.5. The van der Waals surface area contributed by atoms with Gasteiger partial charge in [0, 0.05) is 0 Å². The number of phosphoric ester groups is 1. The fourth-order valence-corrected chi connectivity index (χ4v) is 9.85. The number of H-pyrrole nitrogens is 1. The third-order valence-electron chi connectivity index (χ3n) is 9.64. The molecule has 3 aliphatic heterocycles. The predicted octanol–water partition coefficient (Wildman–Crippen LogP) is 1.78. The lowest BCUT2D eigenvalue weighted by molar-refractivity contribution is -0.235. The molecule has 21 nitrogen and oxygen atoms in total. The molecule has 3 aliphatic rings. The number of fused-ring (bicyclic) bond motifs is 3. The highest BCUT2D eigenvalue weighted by Gasteiger charge is 2.70. The second kappa shape index (κ2) is 12.9. The molecule has 1 spiro atoms. The Morgan fingerprint density at radius 1 is 1.04 bits per heavy atom. The van der Waals surface area contributed by atoms with Crippen LogP contribution in [0.3, 0.4) is 0 Å². The van der Waals surface area contributed by atoms with Crippen LogP contribution in [0.15, 0.2) is 23.8 Å². The first-order valence-corrected chi connectivity index (χ1v) is 22.8. The van der Waals surface area contributed by atoms with Gasteiger partial charge in [-0.25, -0.2) is 28.9 Å². The first-order valence-electron chi connectivity index (χ1n) is 15.8. The number of alkyl halides is 1. The molecule has 0 aromatic carbocycles. The van der Waals surface area contributed by atoms with Gasteiger partial charge in [-0.1, -0.05) is 20.8 Å². The molecular weight excluding hydrogens is 769 g/mol. The summed E-state index contributed by atoms with van der Waals surface area (Å²) in [5, 5.41) is -0.452. The van der Waals surface area contributed by atoms with Crippen LogP contribution in [0, 0.1) is 0 Å². The molecule has 7 N–H and O–H groups in total. The van der Waals surface area contributed by atoms with E-state index in [1.807, 2.05) is 33.9 Å². The summed E-state index contributed by atoms with van der Waals surface area (Å²) in [6, 6.07) is 0. The van der Waals surface area contributed by atoms with Crippen molar-refractivity contribution in [3.05, 3.63) is 29.3 Å². The third kappa shape index (κ3) is 6.42. The molecule has 3 fully saturated rings. The van der Waals surface area contributed by atoms with Crippen molar-refractivity contribution in [2.75, 3.05) is 31.3 Å². The second-order valence-electron chi connectivity index (χ2n) is 14.0. The minimum absolute atomic E-state index is 0.0118. The number of halogens is 1. The fourth-order valence-electron chi connectivity index (χ4n) is 6.13. The summed E-state index contributed by atoms with van der Waals surface area (Å²) >= 11 is 5.44. The summed E-state index contributed by atoms with van der Waals surface area (Å²) in [6.07, 6.45) is -6.04. The number of nitrogen functional groups attached to an aromatic ring is 2. The van der Waals surface area contributed by atoms with Gasteiger partial charge in [0.1, 0.15) is 30.2 Å². The lowest BCUT2D eigenvalue weighted by Crippen LogP contribution is -2.65. The number of nitrogens with two attached hydrogens (primary N) is 2. The van der Waals surface area contributed by atoms with Crippen LogP contribution in [0.25, 0.3) is 22.3 Å². The highest BCUT2D eigenvalue weighted by atomic mass is 32.5. The Kier molecular flexibility index (Phi) is 9.29. The van der Waals surface area contributed by atoms with E-state index in [1.165, 1.54) is 21.8 Å². The number of phosphoric acid groups is 1. The standard InChI is InChI=1S/C26H37FN10O11P2SSi/c1-25(2,3)52(4,5)47-17-13-7-43-49(39,40)42-6-12(27)22(36-10-32-15-18(28)30-9-31-19(15)36)46-14-8-44-50(41,51)48-26(14,17)23(45-13)37-11-33-16-20(37)34-24(29)35-21(16)38/h9-14,17,22-23H,6-8H2,1-5H3,(H,39,40)(H,41,51)(H2,28,30,31)(H3,29,34,35,38)/t12-,13-,14-,17-,22-,23-,26-,50?/m1/s1. The molecule has 0 radical (unpaired) electrons. The Hall–Kier alpha value is -2.83. The summed E-state index contributed by atoms with van der Waals surface area (Å²) in [5.41, 5.74) is 9.11. The zero-order valence-corrected chi connectivity index (χ0v) is 32.0. The van der Waals surface area contributed by atoms with Crippen molar-refractivity contribution in [3.63, 3.8) is 0 Å². The van der Waals surface area contributed by atoms with Crippen LogP contribution >= 0.6 is 14.5 Å². The monoisotopic (exact) mass is 806 g/mol. The third-order valence-corrected chi connectivity index (χ3v) is 16.6. The van der Waals surface area contributed by atoms with E-state index in [0.29, 0.717) is 0 Å². The van der Waals surface area contributed by atoms with Crippen molar-refractivity contribution in [1.29, 1.82) is 0 Å². The summed E-state index contributed by atoms with van der Waals surface area (Å²) in [7, 11) is -7.90. The van der Waals surface area contributed by atoms with Gasteiger partial charge in [0.25, 0.3) is 5.56 Å². The molecular formula is C26H37FN10O11P2SSi. The lowest BCUT2D eigenvalue weighted by atomic mass is 9.87. The van der Waals surface area contributed by atoms with Gasteiger partial charge in [-0.05, 0) is 29.9 Å². The summed E-state index contributed by atoms with van der Waals surface area (Å²) in [6.45, 7) is 3.39. The molecule has 0 amide bonds. The van der Waals surface area contributed by atoms with Crippen LogP contribution in [0.2, 0.25) is 18.1 Å². The van der Waals surface area contributed by atoms with Crippen LogP contribution in [0.4, 0.5) is 16.2 Å². The van der Waals surface area contributed by atoms with E-state index < -0.39 is 95.8 Å². The highest BCUT2D eigenvalue weighted by Crippen LogP contribution is 2.62. The smallest absolute Gasteiger partial charge is 0.408 e. The fraction of sp³-hybridized carbons (Fsp3) is 0.615. The molecule has 26 heteroatoms. The average Bonchev–Trinajstić information content (AvgIpc) is 3.73. The van der Waals surface area contributed by atoms with Crippen LogP contribution in [-0.2, 0) is 48.4 Å². The van der Waals surface area contributed by atoms with E-state index in [4.69, 9.17) is 55.3 Å². The predicted molar refractivity (Wildman–Crippen MR) is 185 cm³/mol. The van der Waals surface area contributed by atoms with Gasteiger partial charge in [-0.2, -0.15) is 4.98 Å². The molecule has 7 rings (SSSR count). The van der Waals surface area contributed by atoms with E-state index in [9.17, 15) is 19.1 Å². The molecule has 52 heavy (non-hydrogen) atoms. The van der Waals surface area contributed by atoms with Crippen molar-refractivity contribution in [2.45, 2.75) is 81.4 Å². The number of imidazole rings is 2. The molecule has 0 aliphatic carbocycles. The molecule has 3 saturated heterocycles. The van der Waals surface area contributed by atoms with E-state index >= 15 is 4.39 Å². The van der Waals surface area contributed by atoms with Crippen LogP contribution < -0.4 is 17.0 Å². The van der Waals surface area contributed by atoms with Crippen LogP contribution in [-0.4, -0.2) is 107 Å². The summed E-state index contributed by atoms with van der Waals surface area (Å²) < 4.78 is 75.1. The maximum Gasteiger partial charge on any atom is 0.472 e. The molecule has 0 saturated carbocycles. The Balaban J connectivity index is 1.50. The quantitative estimate of drug-likeness (QED) is 0.145. The van der Waals surface area contributed by atoms with E-state index in [1.54, 1.807) is 0 Å². The maximum atomic E-state index is 16.6. The number of rotatable bonds is 4. The zero-order valence-electron chi connectivity index (χ0n) is 28.4. The highest BCUT2D eigenvalue weighted by molar-refractivity contribution is 8.07. The number of aromatic amines is 1. The normalized spacial score (nSPS) is 34.9. The summed E-state index contributed by atoms with van der Waals surface area (Å²) in [4.78, 5) is 58.3. The van der Waals surface area contributed by atoms with Crippen molar-refractivity contribution in [1.82, 2.24) is 39.0 Å². The molecule has 4 aromatic rings. The van der Waals surface area contributed by atoms with Crippen LogP contribution in [0.1, 0.15) is 33.2 Å². The molecule has 7 heterocycles. The van der Waals surface area contributed by atoms with Crippen molar-refractivity contribution in [3.8, 4) is 0 Å². The SMILES string of the molecule is CC(C)(C)[Si](C)(C)O[C@@H]1[C@H]2COP(=O)(O)OC[C@@H](F)[C@H](n3cnc4c(N)ncnc43)O[C@@H]3COP(O)(=S)O[C@@]13[C@H](n1cnc3c(=O)[nH]c(N)nc31)O2. The topological polar surface area (TPSA) is 281 Å². The number of hydrogen-bond acceptors (Lipinski definition) is 17. The number of nitrogens with zero attached hydrogens (tertiary/aromatic N) is 7. The van der Waals surface area contributed by atoms with Gasteiger partial charge < -0.3 is 39.7 Å². The Bertz CT molecular complexity index is 2190. The number of aromatic nitrogens is 8. The second-order valence-corrected chi connectivity index (χ2v) is 23.0. The Morgan fingerprint density at radius 3 is 2.46 bits per heavy atom. The number of ether oxygens (including phenoxy) is 2. The minimum Gasteiger partial charge on any atom is -0.408 e. The summed E-state index contributed by atoms with van der Waals surface area (Å²) in [5.74, 6) is -0.270. The van der Waals surface area contributed by atoms with Gasteiger partial charge in [-0.3, -0.25) is 32.5 Å². The van der Waals surface area contributed by atoms with Gasteiger partial charge in [0.2, 0.25) is 5.95 Å². The molecule has 284 valence electrons. The number of nitrogens with one attached hydrogen (secondary N) is 1. The number of hydrogen-bond donors (Lipinski definition) is 5. The van der Waals surface area contributed by atoms with Gasteiger partial charge in [0.15, 0.2) is 55.2 Å². The molecule has 9 atom stereocenters. The van der Waals surface area contributed by atoms with E-state index in [2.05, 4.69) is 29.9 Å². The lowest BCUT2D eigenvalue weighted by Gasteiger charge is -2.51. The van der Waals surface area contributed by atoms with Crippen LogP contribution in [0.5, 0.6) is 0 Å². The van der Waals surface area contributed by atoms with Crippen molar-refractivity contribution < 1.29 is 50.7 Å². The van der Waals surface area contributed by atoms with Crippen molar-refractivity contribution in [2.24, 2.45) is 0 Å². The van der Waals surface area contributed by atoms with Crippen molar-refractivity contribution >= 4 is 68.8 Å². The molecule has 4 aromatic heterocycles. The molecule has 2 bridgehead atoms. The minimum atomic E-state index is -4.99. The first-order chi connectivity index (χ1) is 24.2. The zero-order chi connectivity index (χ0) is 37.6. The maximum absolute atomic E-state index is 16.6.